The lowest BCUT2D eigenvalue weighted by Gasteiger charge is -2.09. The molecule has 0 unspecified atom stereocenters. The fourth-order valence-corrected chi connectivity index (χ4v) is 2.61. The molecular weight excluding hydrogens is 314 g/mol. The maximum atomic E-state index is 5.79. The first-order valence-electron chi connectivity index (χ1n) is 7.69. The molecule has 1 rings (SSSR count). The van der Waals surface area contributed by atoms with Gasteiger partial charge < -0.3 is 10.1 Å². The molecule has 1 aromatic carbocycles. The molecule has 3 heteroatoms. The monoisotopic (exact) mass is 341 g/mol. The molecular formula is C17H28BrNO. The van der Waals surface area contributed by atoms with Gasteiger partial charge in [0.1, 0.15) is 5.75 Å². The van der Waals surface area contributed by atoms with Crippen LogP contribution in [-0.4, -0.2) is 19.7 Å². The zero-order chi connectivity index (χ0) is 14.8. The van der Waals surface area contributed by atoms with Gasteiger partial charge in [0.15, 0.2) is 0 Å². The maximum absolute atomic E-state index is 5.79. The molecule has 2 nitrogen and oxygen atoms in total. The minimum Gasteiger partial charge on any atom is -0.492 e. The second kappa shape index (κ2) is 10.2. The van der Waals surface area contributed by atoms with Gasteiger partial charge in [-0.25, -0.2) is 0 Å². The molecule has 1 aromatic rings. The quantitative estimate of drug-likeness (QED) is 0.608. The molecule has 0 saturated carbocycles. The minimum absolute atomic E-state index is 0.747. The predicted octanol–water partition coefficient (Wildman–Crippen LogP) is 4.94. The first-order valence-corrected chi connectivity index (χ1v) is 8.48. The Bertz CT molecular complexity index is 379. The molecule has 0 aliphatic rings. The highest BCUT2D eigenvalue weighted by Crippen LogP contribution is 2.25. The lowest BCUT2D eigenvalue weighted by Crippen LogP contribution is -2.20. The van der Waals surface area contributed by atoms with Crippen molar-refractivity contribution >= 4 is 15.9 Å². The Morgan fingerprint density at radius 3 is 2.60 bits per heavy atom. The van der Waals surface area contributed by atoms with Gasteiger partial charge in [0.05, 0.1) is 11.1 Å². The predicted molar refractivity (Wildman–Crippen MR) is 90.5 cm³/mol. The summed E-state index contributed by atoms with van der Waals surface area (Å²) in [6.07, 6.45) is 4.92. The van der Waals surface area contributed by atoms with Crippen molar-refractivity contribution in [3.8, 4) is 5.75 Å². The second-order valence-corrected chi connectivity index (χ2v) is 6.65. The molecule has 0 amide bonds. The van der Waals surface area contributed by atoms with Crippen molar-refractivity contribution in [1.29, 1.82) is 0 Å². The van der Waals surface area contributed by atoms with Gasteiger partial charge in [0.2, 0.25) is 0 Å². The van der Waals surface area contributed by atoms with Gasteiger partial charge >= 0.3 is 0 Å². The Balaban J connectivity index is 1.99. The Labute approximate surface area is 132 Å². The molecule has 114 valence electrons. The molecule has 0 aliphatic carbocycles. The summed E-state index contributed by atoms with van der Waals surface area (Å²) in [6, 6.07) is 6.21. The molecule has 0 bridgehead atoms. The van der Waals surface area contributed by atoms with Crippen LogP contribution in [-0.2, 0) is 0 Å². The van der Waals surface area contributed by atoms with Crippen LogP contribution in [0.3, 0.4) is 0 Å². The molecule has 0 aliphatic heterocycles. The summed E-state index contributed by atoms with van der Waals surface area (Å²) in [5, 5.41) is 3.48. The summed E-state index contributed by atoms with van der Waals surface area (Å²) < 4.78 is 6.84. The first-order chi connectivity index (χ1) is 9.59. The van der Waals surface area contributed by atoms with Crippen molar-refractivity contribution in [1.82, 2.24) is 5.32 Å². The van der Waals surface area contributed by atoms with E-state index >= 15 is 0 Å². The Morgan fingerprint density at radius 2 is 1.90 bits per heavy atom. The van der Waals surface area contributed by atoms with Gasteiger partial charge in [-0.05, 0) is 72.4 Å². The number of hydrogen-bond donors (Lipinski definition) is 1. The summed E-state index contributed by atoms with van der Waals surface area (Å²) in [4.78, 5) is 0. The van der Waals surface area contributed by atoms with E-state index in [0.29, 0.717) is 0 Å². The molecule has 0 radical (unpaired) electrons. The summed E-state index contributed by atoms with van der Waals surface area (Å²) >= 11 is 3.54. The van der Waals surface area contributed by atoms with Crippen LogP contribution in [0.15, 0.2) is 22.7 Å². The van der Waals surface area contributed by atoms with Crippen molar-refractivity contribution in [3.05, 3.63) is 28.2 Å². The lowest BCUT2D eigenvalue weighted by molar-refractivity contribution is 0.302. The van der Waals surface area contributed by atoms with E-state index < -0.39 is 0 Å². The van der Waals surface area contributed by atoms with Crippen LogP contribution < -0.4 is 10.1 Å². The van der Waals surface area contributed by atoms with Crippen molar-refractivity contribution in [2.75, 3.05) is 19.7 Å². The normalized spacial score (nSPS) is 11.1. The smallest absolute Gasteiger partial charge is 0.133 e. The standard InChI is InChI=1S/C17H28BrNO/c1-14(2)13-19-10-6-4-5-7-11-20-17-9-8-15(3)12-16(17)18/h8-9,12,14,19H,4-7,10-11,13H2,1-3H3. The summed E-state index contributed by atoms with van der Waals surface area (Å²) in [5.74, 6) is 1.70. The van der Waals surface area contributed by atoms with E-state index in [1.807, 2.05) is 6.07 Å². The van der Waals surface area contributed by atoms with E-state index in [1.165, 1.54) is 24.8 Å². The summed E-state index contributed by atoms with van der Waals surface area (Å²) in [5.41, 5.74) is 1.25. The van der Waals surface area contributed by atoms with Crippen LogP contribution in [0.2, 0.25) is 0 Å². The van der Waals surface area contributed by atoms with Gasteiger partial charge in [-0.3, -0.25) is 0 Å². The molecule has 1 N–H and O–H groups in total. The zero-order valence-corrected chi connectivity index (χ0v) is 14.6. The number of ether oxygens (including phenoxy) is 1. The van der Waals surface area contributed by atoms with Crippen LogP contribution in [0.25, 0.3) is 0 Å². The largest absolute Gasteiger partial charge is 0.492 e. The minimum atomic E-state index is 0.747. The van der Waals surface area contributed by atoms with E-state index in [4.69, 9.17) is 4.74 Å². The van der Waals surface area contributed by atoms with Crippen LogP contribution in [0.5, 0.6) is 5.75 Å². The number of rotatable bonds is 10. The molecule has 0 saturated heterocycles. The van der Waals surface area contributed by atoms with E-state index in [1.54, 1.807) is 0 Å². The van der Waals surface area contributed by atoms with Crippen LogP contribution in [0, 0.1) is 12.8 Å². The van der Waals surface area contributed by atoms with Gasteiger partial charge in [-0.2, -0.15) is 0 Å². The number of halogens is 1. The maximum Gasteiger partial charge on any atom is 0.133 e. The number of aryl methyl sites for hydroxylation is 1. The van der Waals surface area contributed by atoms with Gasteiger partial charge in [0, 0.05) is 0 Å². The molecule has 0 heterocycles. The van der Waals surface area contributed by atoms with Crippen molar-refractivity contribution < 1.29 is 4.74 Å². The highest BCUT2D eigenvalue weighted by Gasteiger charge is 2.00. The highest BCUT2D eigenvalue weighted by molar-refractivity contribution is 9.10. The van der Waals surface area contributed by atoms with Crippen molar-refractivity contribution in [2.45, 2.75) is 46.5 Å². The fraction of sp³-hybridized carbons (Fsp3) is 0.647. The highest BCUT2D eigenvalue weighted by atomic mass is 79.9. The van der Waals surface area contributed by atoms with E-state index in [-0.39, 0.29) is 0 Å². The van der Waals surface area contributed by atoms with Crippen LogP contribution in [0.4, 0.5) is 0 Å². The number of nitrogens with one attached hydrogen (secondary N) is 1. The van der Waals surface area contributed by atoms with Gasteiger partial charge in [-0.1, -0.05) is 32.8 Å². The third-order valence-corrected chi connectivity index (χ3v) is 3.77. The SMILES string of the molecule is Cc1ccc(OCCCCCCNCC(C)C)c(Br)c1. The van der Waals surface area contributed by atoms with Gasteiger partial charge in [-0.15, -0.1) is 0 Å². The van der Waals surface area contributed by atoms with Gasteiger partial charge in [0.25, 0.3) is 0 Å². The van der Waals surface area contributed by atoms with Crippen molar-refractivity contribution in [3.63, 3.8) is 0 Å². The molecule has 20 heavy (non-hydrogen) atoms. The summed E-state index contributed by atoms with van der Waals surface area (Å²) in [6.45, 7) is 9.65. The zero-order valence-electron chi connectivity index (χ0n) is 13.0. The molecule has 0 atom stereocenters. The average molecular weight is 342 g/mol. The lowest BCUT2D eigenvalue weighted by atomic mass is 10.2. The molecule has 0 fully saturated rings. The topological polar surface area (TPSA) is 21.3 Å². The first kappa shape index (κ1) is 17.5. The Hall–Kier alpha value is -0.540. The van der Waals surface area contributed by atoms with Crippen LogP contribution >= 0.6 is 15.9 Å². The molecule has 0 aromatic heterocycles. The number of benzene rings is 1. The fourth-order valence-electron chi connectivity index (χ4n) is 2.00. The van der Waals surface area contributed by atoms with E-state index in [2.05, 4.69) is 54.2 Å². The third kappa shape index (κ3) is 7.91. The number of unbranched alkanes of at least 4 members (excludes halogenated alkanes) is 3. The average Bonchev–Trinajstić information content (AvgIpc) is 2.38. The Kier molecular flexibility index (Phi) is 8.95. The van der Waals surface area contributed by atoms with E-state index in [9.17, 15) is 0 Å². The second-order valence-electron chi connectivity index (χ2n) is 5.79. The van der Waals surface area contributed by atoms with Crippen molar-refractivity contribution in [2.24, 2.45) is 5.92 Å². The van der Waals surface area contributed by atoms with E-state index in [0.717, 1.165) is 42.3 Å². The summed E-state index contributed by atoms with van der Waals surface area (Å²) in [7, 11) is 0. The number of hydrogen-bond acceptors (Lipinski definition) is 2. The Morgan fingerprint density at radius 1 is 1.15 bits per heavy atom. The third-order valence-electron chi connectivity index (χ3n) is 3.15. The van der Waals surface area contributed by atoms with Crippen LogP contribution in [0.1, 0.15) is 45.1 Å². The molecule has 0 spiro atoms.